The fourth-order valence-electron chi connectivity index (χ4n) is 0.832. The van der Waals surface area contributed by atoms with Crippen molar-refractivity contribution in [2.24, 2.45) is 0 Å². The van der Waals surface area contributed by atoms with Gasteiger partial charge in [0, 0.05) is 0 Å². The molecular formula is C8H5F5N2O. The molecule has 1 heterocycles. The minimum atomic E-state index is -4.61. The topological polar surface area (TPSA) is 42.0 Å². The van der Waals surface area contributed by atoms with Crippen molar-refractivity contribution in [1.82, 2.24) is 4.98 Å². The van der Waals surface area contributed by atoms with Crippen molar-refractivity contribution in [2.75, 3.05) is 5.32 Å². The van der Waals surface area contributed by atoms with Gasteiger partial charge in [-0.05, 0) is 12.1 Å². The molecule has 0 radical (unpaired) electrons. The predicted octanol–water partition coefficient (Wildman–Crippen LogP) is 2.30. The largest absolute Gasteiger partial charge is 0.433 e. The molecular weight excluding hydrogens is 235 g/mol. The van der Waals surface area contributed by atoms with Gasteiger partial charge in [-0.25, -0.2) is 4.98 Å². The van der Waals surface area contributed by atoms with Gasteiger partial charge < -0.3 is 5.32 Å². The van der Waals surface area contributed by atoms with Crippen LogP contribution in [0.1, 0.15) is 5.69 Å². The molecule has 0 atom stereocenters. The van der Waals surface area contributed by atoms with Crippen LogP contribution in [-0.4, -0.2) is 17.3 Å². The van der Waals surface area contributed by atoms with Crippen LogP contribution in [0.15, 0.2) is 18.3 Å². The zero-order valence-corrected chi connectivity index (χ0v) is 7.55. The second kappa shape index (κ2) is 4.42. The van der Waals surface area contributed by atoms with Gasteiger partial charge in [-0.15, -0.1) is 0 Å². The number of nitrogens with one attached hydrogen (secondary N) is 1. The fraction of sp³-hybridized carbons (Fsp3) is 0.250. The molecule has 0 aliphatic heterocycles. The zero-order valence-electron chi connectivity index (χ0n) is 7.55. The van der Waals surface area contributed by atoms with Crippen molar-refractivity contribution in [3.63, 3.8) is 0 Å². The van der Waals surface area contributed by atoms with Crippen LogP contribution in [0.25, 0.3) is 0 Å². The van der Waals surface area contributed by atoms with Crippen molar-refractivity contribution < 1.29 is 26.7 Å². The van der Waals surface area contributed by atoms with Crippen LogP contribution in [0.4, 0.5) is 27.6 Å². The molecule has 16 heavy (non-hydrogen) atoms. The number of aromatic nitrogens is 1. The first-order valence-corrected chi connectivity index (χ1v) is 3.93. The Morgan fingerprint density at radius 2 is 1.94 bits per heavy atom. The average Bonchev–Trinajstić information content (AvgIpc) is 2.17. The van der Waals surface area contributed by atoms with Gasteiger partial charge in [-0.3, -0.25) is 4.79 Å². The first-order valence-electron chi connectivity index (χ1n) is 3.93. The highest BCUT2D eigenvalue weighted by atomic mass is 19.4. The van der Waals surface area contributed by atoms with Crippen molar-refractivity contribution in [3.8, 4) is 0 Å². The molecule has 0 unspecified atom stereocenters. The normalized spacial score (nSPS) is 11.6. The number of anilines is 1. The lowest BCUT2D eigenvalue weighted by atomic mass is 10.3. The first-order chi connectivity index (χ1) is 7.30. The number of alkyl halides is 5. The summed E-state index contributed by atoms with van der Waals surface area (Å²) in [7, 11) is 0. The number of amides is 1. The van der Waals surface area contributed by atoms with Crippen molar-refractivity contribution in [1.29, 1.82) is 0 Å². The fourth-order valence-corrected chi connectivity index (χ4v) is 0.832. The quantitative estimate of drug-likeness (QED) is 0.806. The monoisotopic (exact) mass is 240 g/mol. The summed E-state index contributed by atoms with van der Waals surface area (Å²) in [4.78, 5) is 13.5. The van der Waals surface area contributed by atoms with Crippen LogP contribution in [-0.2, 0) is 11.0 Å². The van der Waals surface area contributed by atoms with E-state index in [1.54, 1.807) is 5.32 Å². The molecule has 0 fully saturated rings. The number of halogens is 5. The SMILES string of the molecule is O=C(Nc1ccc(C(F)(F)F)nc1)C(F)F. The molecule has 1 aromatic heterocycles. The highest BCUT2D eigenvalue weighted by molar-refractivity contribution is 5.92. The summed E-state index contributed by atoms with van der Waals surface area (Å²) in [6.45, 7) is 0. The van der Waals surface area contributed by atoms with E-state index < -0.39 is 24.2 Å². The molecule has 1 N–H and O–H groups in total. The maximum absolute atomic E-state index is 12.0. The Morgan fingerprint density at radius 3 is 2.31 bits per heavy atom. The molecule has 0 aliphatic rings. The number of pyridine rings is 1. The highest BCUT2D eigenvalue weighted by Gasteiger charge is 2.32. The van der Waals surface area contributed by atoms with Gasteiger partial charge in [-0.2, -0.15) is 22.0 Å². The Balaban J connectivity index is 2.76. The minimum Gasteiger partial charge on any atom is -0.320 e. The smallest absolute Gasteiger partial charge is 0.320 e. The lowest BCUT2D eigenvalue weighted by molar-refractivity contribution is -0.141. The molecule has 88 valence electrons. The molecule has 0 saturated heterocycles. The van der Waals surface area contributed by atoms with Crippen molar-refractivity contribution in [3.05, 3.63) is 24.0 Å². The Labute approximate surface area is 86.3 Å². The standard InChI is InChI=1S/C8H5F5N2O/c9-6(10)7(16)15-4-1-2-5(14-3-4)8(11,12)13/h1-3,6H,(H,15,16). The molecule has 0 aliphatic carbocycles. The summed E-state index contributed by atoms with van der Waals surface area (Å²) in [5.41, 5.74) is -1.39. The van der Waals surface area contributed by atoms with E-state index in [1.165, 1.54) is 0 Å². The van der Waals surface area contributed by atoms with E-state index in [0.717, 1.165) is 6.07 Å². The van der Waals surface area contributed by atoms with E-state index in [0.29, 0.717) is 12.3 Å². The summed E-state index contributed by atoms with van der Waals surface area (Å²) in [5.74, 6) is -1.60. The number of carbonyl (C=O) groups is 1. The third-order valence-electron chi connectivity index (χ3n) is 1.52. The molecule has 1 amide bonds. The van der Waals surface area contributed by atoms with E-state index in [4.69, 9.17) is 0 Å². The second-order valence-electron chi connectivity index (χ2n) is 2.72. The summed E-state index contributed by atoms with van der Waals surface area (Å²) in [6.07, 6.45) is -7.18. The van der Waals surface area contributed by atoms with Gasteiger partial charge in [0.1, 0.15) is 5.69 Å². The molecule has 1 aromatic rings. The number of hydrogen-bond donors (Lipinski definition) is 1. The maximum Gasteiger partial charge on any atom is 0.433 e. The van der Waals surface area contributed by atoms with Crippen LogP contribution in [0, 0.1) is 0 Å². The van der Waals surface area contributed by atoms with Gasteiger partial charge >= 0.3 is 12.6 Å². The number of rotatable bonds is 2. The summed E-state index contributed by atoms with van der Waals surface area (Å²) >= 11 is 0. The third-order valence-corrected chi connectivity index (χ3v) is 1.52. The summed E-state index contributed by atoms with van der Waals surface area (Å²) in [5, 5.41) is 1.70. The zero-order chi connectivity index (χ0) is 12.3. The van der Waals surface area contributed by atoms with E-state index in [-0.39, 0.29) is 5.69 Å². The molecule has 0 saturated carbocycles. The Bertz CT molecular complexity index is 373. The third kappa shape index (κ3) is 3.14. The molecule has 3 nitrogen and oxygen atoms in total. The predicted molar refractivity (Wildman–Crippen MR) is 43.9 cm³/mol. The molecule has 0 aromatic carbocycles. The lowest BCUT2D eigenvalue weighted by Crippen LogP contribution is -2.20. The van der Waals surface area contributed by atoms with Gasteiger partial charge in [-0.1, -0.05) is 0 Å². The van der Waals surface area contributed by atoms with Gasteiger partial charge in [0.05, 0.1) is 11.9 Å². The lowest BCUT2D eigenvalue weighted by Gasteiger charge is -2.07. The van der Waals surface area contributed by atoms with Gasteiger partial charge in [0.15, 0.2) is 0 Å². The van der Waals surface area contributed by atoms with Crippen molar-refractivity contribution in [2.45, 2.75) is 12.6 Å². The van der Waals surface area contributed by atoms with Crippen LogP contribution in [0.2, 0.25) is 0 Å². The molecule has 8 heteroatoms. The summed E-state index contributed by atoms with van der Waals surface area (Å²) < 4.78 is 59.7. The Kier molecular flexibility index (Phi) is 3.41. The average molecular weight is 240 g/mol. The van der Waals surface area contributed by atoms with Crippen LogP contribution < -0.4 is 5.32 Å². The second-order valence-corrected chi connectivity index (χ2v) is 2.72. The Morgan fingerprint density at radius 1 is 1.31 bits per heavy atom. The number of hydrogen-bond acceptors (Lipinski definition) is 2. The van der Waals surface area contributed by atoms with E-state index >= 15 is 0 Å². The molecule has 0 bridgehead atoms. The van der Waals surface area contributed by atoms with Crippen LogP contribution in [0.5, 0.6) is 0 Å². The molecule has 0 spiro atoms. The minimum absolute atomic E-state index is 0.224. The maximum atomic E-state index is 12.0. The van der Waals surface area contributed by atoms with Crippen molar-refractivity contribution >= 4 is 11.6 Å². The van der Waals surface area contributed by atoms with E-state index in [9.17, 15) is 26.7 Å². The number of nitrogens with zero attached hydrogens (tertiary/aromatic N) is 1. The van der Waals surface area contributed by atoms with E-state index in [2.05, 4.69) is 4.98 Å². The summed E-state index contributed by atoms with van der Waals surface area (Å²) in [6, 6.07) is 1.43. The van der Waals surface area contributed by atoms with Crippen LogP contribution in [0.3, 0.4) is 0 Å². The van der Waals surface area contributed by atoms with Crippen LogP contribution >= 0.6 is 0 Å². The van der Waals surface area contributed by atoms with Gasteiger partial charge in [0.2, 0.25) is 0 Å². The first kappa shape index (κ1) is 12.3. The Hall–Kier alpha value is -1.73. The van der Waals surface area contributed by atoms with Gasteiger partial charge in [0.25, 0.3) is 5.91 Å². The van der Waals surface area contributed by atoms with E-state index in [1.807, 2.05) is 0 Å². The number of carbonyl (C=O) groups excluding carboxylic acids is 1. The molecule has 1 rings (SSSR count). The highest BCUT2D eigenvalue weighted by Crippen LogP contribution is 2.27.